The van der Waals surface area contributed by atoms with E-state index in [4.69, 9.17) is 6.58 Å². The maximum Gasteiger partial charge on any atom is 0.108 e. The molecule has 172 valence electrons. The summed E-state index contributed by atoms with van der Waals surface area (Å²) in [6.07, 6.45) is 8.96. The van der Waals surface area contributed by atoms with Gasteiger partial charge in [-0.15, -0.1) is 0 Å². The lowest BCUT2D eigenvalue weighted by Gasteiger charge is -2.62. The van der Waals surface area contributed by atoms with E-state index in [9.17, 15) is 0 Å². The standard InChI is InChI=1S/C29H48BN/c1-10-28-17-25(30)22(4)31(29(11-2,19-28)20-28)23(5)27(8,9)18-26(6,7)16-24-14-12-21(3)13-15-24/h12-15,22,25H,5,10-11,16-20,30H2,1-4,6-9H3/t22-,25?,28?,29?/m0/s1. The number of fused-ring (bicyclic) bond motifs is 3. The fourth-order valence-corrected chi connectivity index (χ4v) is 7.49. The van der Waals surface area contributed by atoms with Gasteiger partial charge in [0.1, 0.15) is 7.85 Å². The van der Waals surface area contributed by atoms with Crippen LogP contribution in [0.15, 0.2) is 36.5 Å². The van der Waals surface area contributed by atoms with Crippen molar-refractivity contribution in [2.24, 2.45) is 16.2 Å². The van der Waals surface area contributed by atoms with Gasteiger partial charge >= 0.3 is 0 Å². The van der Waals surface area contributed by atoms with Gasteiger partial charge in [-0.1, -0.05) is 84.4 Å². The van der Waals surface area contributed by atoms with Crippen LogP contribution in [-0.4, -0.2) is 24.3 Å². The molecule has 0 amide bonds. The monoisotopic (exact) mass is 421 g/mol. The van der Waals surface area contributed by atoms with Crippen LogP contribution in [-0.2, 0) is 6.42 Å². The Balaban J connectivity index is 1.82. The molecule has 3 fully saturated rings. The van der Waals surface area contributed by atoms with E-state index in [1.54, 1.807) is 0 Å². The molecule has 2 bridgehead atoms. The van der Waals surface area contributed by atoms with Gasteiger partial charge in [0.05, 0.1) is 0 Å². The zero-order chi connectivity index (χ0) is 23.2. The topological polar surface area (TPSA) is 3.24 Å². The van der Waals surface area contributed by atoms with Gasteiger partial charge < -0.3 is 4.90 Å². The molecule has 1 aliphatic carbocycles. The highest BCUT2D eigenvalue weighted by Crippen LogP contribution is 2.64. The third-order valence-corrected chi connectivity index (χ3v) is 9.11. The van der Waals surface area contributed by atoms with Gasteiger partial charge in [0.25, 0.3) is 0 Å². The summed E-state index contributed by atoms with van der Waals surface area (Å²) in [5, 5.41) is 0. The molecule has 0 radical (unpaired) electrons. The first kappa shape index (κ1) is 24.5. The van der Waals surface area contributed by atoms with Crippen LogP contribution < -0.4 is 0 Å². The fourth-order valence-electron chi connectivity index (χ4n) is 7.49. The van der Waals surface area contributed by atoms with Crippen molar-refractivity contribution in [3.63, 3.8) is 0 Å². The van der Waals surface area contributed by atoms with Crippen molar-refractivity contribution in [3.8, 4) is 0 Å². The van der Waals surface area contributed by atoms with Crippen molar-refractivity contribution in [3.05, 3.63) is 47.7 Å². The second-order valence-corrected chi connectivity index (χ2v) is 12.9. The van der Waals surface area contributed by atoms with Crippen LogP contribution in [0.25, 0.3) is 0 Å². The van der Waals surface area contributed by atoms with E-state index in [1.165, 1.54) is 48.9 Å². The molecule has 0 spiro atoms. The molecular weight excluding hydrogens is 373 g/mol. The van der Waals surface area contributed by atoms with Crippen LogP contribution >= 0.6 is 0 Å². The third-order valence-electron chi connectivity index (χ3n) is 9.11. The minimum Gasteiger partial charge on any atom is -0.367 e. The first-order valence-corrected chi connectivity index (χ1v) is 12.8. The van der Waals surface area contributed by atoms with Crippen LogP contribution in [0, 0.1) is 23.2 Å². The lowest BCUT2D eigenvalue weighted by atomic mass is 9.52. The van der Waals surface area contributed by atoms with Crippen molar-refractivity contribution in [2.75, 3.05) is 0 Å². The predicted molar refractivity (Wildman–Crippen MR) is 139 cm³/mol. The zero-order valence-corrected chi connectivity index (χ0v) is 22.1. The summed E-state index contributed by atoms with van der Waals surface area (Å²) in [5.41, 5.74) is 5.40. The summed E-state index contributed by atoms with van der Waals surface area (Å²) in [6.45, 7) is 24.1. The Kier molecular flexibility index (Phi) is 6.56. The first-order valence-electron chi connectivity index (χ1n) is 12.8. The van der Waals surface area contributed by atoms with Crippen molar-refractivity contribution in [1.29, 1.82) is 0 Å². The van der Waals surface area contributed by atoms with Gasteiger partial charge in [0.2, 0.25) is 0 Å². The molecule has 2 heterocycles. The van der Waals surface area contributed by atoms with Gasteiger partial charge in [0, 0.05) is 22.7 Å². The van der Waals surface area contributed by atoms with Crippen molar-refractivity contribution < 1.29 is 0 Å². The molecule has 2 aliphatic heterocycles. The molecule has 0 N–H and O–H groups in total. The zero-order valence-electron chi connectivity index (χ0n) is 22.1. The molecule has 31 heavy (non-hydrogen) atoms. The van der Waals surface area contributed by atoms with E-state index < -0.39 is 0 Å². The van der Waals surface area contributed by atoms with Gasteiger partial charge in [-0.25, -0.2) is 0 Å². The minimum absolute atomic E-state index is 0.0825. The summed E-state index contributed by atoms with van der Waals surface area (Å²) in [6, 6.07) is 9.68. The normalized spacial score (nSPS) is 31.2. The molecule has 0 aromatic heterocycles. The van der Waals surface area contributed by atoms with Crippen LogP contribution in [0.2, 0.25) is 5.82 Å². The van der Waals surface area contributed by atoms with E-state index in [0.29, 0.717) is 17.0 Å². The summed E-state index contributed by atoms with van der Waals surface area (Å²) in [4.78, 5) is 2.83. The van der Waals surface area contributed by atoms with E-state index in [0.717, 1.165) is 18.7 Å². The summed E-state index contributed by atoms with van der Waals surface area (Å²) >= 11 is 0. The Labute approximate surface area is 194 Å². The Morgan fingerprint density at radius 1 is 1.10 bits per heavy atom. The molecule has 1 nitrogen and oxygen atoms in total. The molecule has 1 aromatic rings. The molecule has 1 unspecified atom stereocenters. The Hall–Kier alpha value is -1.18. The summed E-state index contributed by atoms with van der Waals surface area (Å²) in [7, 11) is 2.49. The molecule has 4 rings (SSSR count). The lowest BCUT2D eigenvalue weighted by molar-refractivity contribution is -0.0737. The molecule has 2 heteroatoms. The molecule has 3 aliphatic rings. The summed E-state index contributed by atoms with van der Waals surface area (Å²) in [5.74, 6) is 0.726. The van der Waals surface area contributed by atoms with Gasteiger partial charge in [0.15, 0.2) is 0 Å². The number of hydrogen-bond acceptors (Lipinski definition) is 1. The second-order valence-electron chi connectivity index (χ2n) is 12.9. The van der Waals surface area contributed by atoms with Crippen molar-refractivity contribution in [2.45, 2.75) is 118 Å². The average Bonchev–Trinajstić information content (AvgIpc) is 2.80. The number of nitrogens with zero attached hydrogens (tertiary/aromatic N) is 1. The molecule has 1 aromatic carbocycles. The smallest absolute Gasteiger partial charge is 0.108 e. The van der Waals surface area contributed by atoms with E-state index in [1.807, 2.05) is 0 Å². The summed E-state index contributed by atoms with van der Waals surface area (Å²) < 4.78 is 0. The first-order chi connectivity index (χ1) is 14.3. The average molecular weight is 422 g/mol. The second kappa shape index (κ2) is 8.31. The van der Waals surface area contributed by atoms with E-state index >= 15 is 0 Å². The number of rotatable bonds is 8. The highest BCUT2D eigenvalue weighted by molar-refractivity contribution is 6.12. The predicted octanol–water partition coefficient (Wildman–Crippen LogP) is 7.35. The number of benzene rings is 1. The minimum atomic E-state index is 0.0825. The van der Waals surface area contributed by atoms with Gasteiger partial charge in [-0.3, -0.25) is 0 Å². The fraction of sp³-hybridized carbons (Fsp3) is 0.724. The highest BCUT2D eigenvalue weighted by Gasteiger charge is 2.60. The molecule has 2 saturated heterocycles. The van der Waals surface area contributed by atoms with Crippen LogP contribution in [0.4, 0.5) is 0 Å². The molecule has 2 atom stereocenters. The Morgan fingerprint density at radius 3 is 2.19 bits per heavy atom. The maximum atomic E-state index is 4.82. The number of allylic oxidation sites excluding steroid dienone is 1. The van der Waals surface area contributed by atoms with Crippen LogP contribution in [0.1, 0.15) is 98.1 Å². The SMILES string of the molecule is BC1CC2(CC)CC(CC)(C2)N(C(=C)C(C)(C)CC(C)(C)Cc2ccc(C)cc2)[C@H]1C. The lowest BCUT2D eigenvalue weighted by Crippen LogP contribution is -2.62. The largest absolute Gasteiger partial charge is 0.367 e. The highest BCUT2D eigenvalue weighted by atomic mass is 15.3. The number of aryl methyl sites for hydroxylation is 1. The number of hydrogen-bond donors (Lipinski definition) is 0. The van der Waals surface area contributed by atoms with E-state index in [-0.39, 0.29) is 10.8 Å². The van der Waals surface area contributed by atoms with Crippen molar-refractivity contribution >= 4 is 7.85 Å². The van der Waals surface area contributed by atoms with Gasteiger partial charge in [-0.05, 0) is 74.6 Å². The van der Waals surface area contributed by atoms with Gasteiger partial charge in [-0.2, -0.15) is 0 Å². The van der Waals surface area contributed by atoms with Crippen molar-refractivity contribution in [1.82, 2.24) is 4.90 Å². The Morgan fingerprint density at radius 2 is 1.68 bits per heavy atom. The molecule has 1 saturated carbocycles. The third kappa shape index (κ3) is 4.64. The Bertz CT molecular complexity index is 781. The maximum absolute atomic E-state index is 4.82. The quantitative estimate of drug-likeness (QED) is 0.397. The van der Waals surface area contributed by atoms with E-state index in [2.05, 4.69) is 92.4 Å². The molecular formula is C29H48BN. The van der Waals surface area contributed by atoms with Crippen LogP contribution in [0.3, 0.4) is 0 Å². The van der Waals surface area contributed by atoms with Crippen LogP contribution in [0.5, 0.6) is 0 Å².